The molecule has 0 aliphatic heterocycles. The van der Waals surface area contributed by atoms with Crippen LogP contribution in [-0.2, 0) is 6.42 Å². The lowest BCUT2D eigenvalue weighted by Gasteiger charge is -2.07. The van der Waals surface area contributed by atoms with Crippen molar-refractivity contribution in [3.05, 3.63) is 47.1 Å². The highest BCUT2D eigenvalue weighted by molar-refractivity contribution is 7.18. The number of phenols is 1. The van der Waals surface area contributed by atoms with Gasteiger partial charge in [-0.05, 0) is 32.0 Å². The van der Waals surface area contributed by atoms with Crippen LogP contribution in [0.5, 0.6) is 17.4 Å². The van der Waals surface area contributed by atoms with E-state index in [4.69, 9.17) is 4.74 Å². The van der Waals surface area contributed by atoms with Crippen molar-refractivity contribution in [1.29, 1.82) is 0 Å². The van der Waals surface area contributed by atoms with Crippen molar-refractivity contribution in [3.8, 4) is 17.4 Å². The van der Waals surface area contributed by atoms with Crippen molar-refractivity contribution < 1.29 is 9.84 Å². The highest BCUT2D eigenvalue weighted by atomic mass is 32.1. The van der Waals surface area contributed by atoms with Crippen LogP contribution >= 0.6 is 11.3 Å². The topological polar surface area (TPSA) is 67.3 Å². The fraction of sp³-hybridized carbons (Fsp3) is 0.263. The lowest BCUT2D eigenvalue weighted by Crippen LogP contribution is -2.17. The number of nitrogens with zero attached hydrogens (tertiary/aromatic N) is 2. The van der Waals surface area contributed by atoms with Crippen LogP contribution < -0.4 is 10.1 Å². The van der Waals surface area contributed by atoms with Gasteiger partial charge in [0.25, 0.3) is 0 Å². The Morgan fingerprint density at radius 3 is 2.88 bits per heavy atom. The molecule has 0 bridgehead atoms. The Hall–Kier alpha value is -2.44. The van der Waals surface area contributed by atoms with Crippen molar-refractivity contribution in [3.63, 3.8) is 0 Å². The molecule has 0 unspecified atom stereocenters. The molecule has 0 saturated carbocycles. The molecular weight excluding hydrogens is 334 g/mol. The molecule has 0 aliphatic carbocycles. The maximum absolute atomic E-state index is 10.2. The molecule has 6 heteroatoms. The van der Waals surface area contributed by atoms with Gasteiger partial charge in [0.1, 0.15) is 0 Å². The normalized spacial score (nSPS) is 12.8. The van der Waals surface area contributed by atoms with Gasteiger partial charge in [-0.25, -0.2) is 9.97 Å². The second kappa shape index (κ2) is 7.63. The van der Waals surface area contributed by atoms with Crippen LogP contribution in [0.4, 0.5) is 0 Å². The largest absolute Gasteiger partial charge is 0.504 e. The molecule has 0 spiro atoms. The Balaban J connectivity index is 1.78. The first kappa shape index (κ1) is 17.4. The highest BCUT2D eigenvalue weighted by Crippen LogP contribution is 2.36. The van der Waals surface area contributed by atoms with E-state index < -0.39 is 0 Å². The summed E-state index contributed by atoms with van der Waals surface area (Å²) < 4.78 is 6.73. The number of phenolic OH excluding ortho intramolecular Hbond substituents is 1. The number of pyridine rings is 1. The molecule has 5 nitrogen and oxygen atoms in total. The van der Waals surface area contributed by atoms with Crippen molar-refractivity contribution in [2.75, 3.05) is 7.05 Å². The number of fused-ring (bicyclic) bond motifs is 1. The van der Waals surface area contributed by atoms with Crippen LogP contribution in [0.15, 0.2) is 36.5 Å². The number of nitrogens with one attached hydrogen (secondary N) is 1. The summed E-state index contributed by atoms with van der Waals surface area (Å²) in [6.07, 6.45) is 6.68. The van der Waals surface area contributed by atoms with Gasteiger partial charge in [0.2, 0.25) is 5.88 Å². The van der Waals surface area contributed by atoms with Crippen LogP contribution in [0.3, 0.4) is 0 Å². The van der Waals surface area contributed by atoms with E-state index in [0.29, 0.717) is 17.7 Å². The van der Waals surface area contributed by atoms with E-state index in [9.17, 15) is 5.11 Å². The van der Waals surface area contributed by atoms with E-state index in [0.717, 1.165) is 27.2 Å². The predicted molar refractivity (Wildman–Crippen MR) is 103 cm³/mol. The minimum Gasteiger partial charge on any atom is -0.504 e. The molecule has 0 fully saturated rings. The second-order valence-corrected chi connectivity index (χ2v) is 6.83. The van der Waals surface area contributed by atoms with Crippen LogP contribution in [-0.4, -0.2) is 28.2 Å². The van der Waals surface area contributed by atoms with Crippen LogP contribution in [0.1, 0.15) is 24.4 Å². The number of aromatic nitrogens is 2. The average molecular weight is 355 g/mol. The SMILES string of the molecule is CCc1nc2cc(O)c(Oc3ccc(/C=C/[C@H](C)NC)cn3)cc2s1. The molecule has 0 aliphatic rings. The molecule has 3 rings (SSSR count). The Kier molecular flexibility index (Phi) is 5.31. The Labute approximate surface area is 151 Å². The molecular formula is C19H21N3O2S. The minimum atomic E-state index is 0.0640. The zero-order chi connectivity index (χ0) is 17.8. The van der Waals surface area contributed by atoms with E-state index in [1.807, 2.05) is 25.3 Å². The number of benzene rings is 1. The van der Waals surface area contributed by atoms with Gasteiger partial charge in [0, 0.05) is 30.4 Å². The van der Waals surface area contributed by atoms with Crippen molar-refractivity contribution >= 4 is 27.6 Å². The van der Waals surface area contributed by atoms with Crippen LogP contribution in [0.2, 0.25) is 0 Å². The summed E-state index contributed by atoms with van der Waals surface area (Å²) in [6.45, 7) is 4.13. The van der Waals surface area contributed by atoms with E-state index in [2.05, 4.69) is 35.2 Å². The summed E-state index contributed by atoms with van der Waals surface area (Å²) in [5.74, 6) is 0.890. The van der Waals surface area contributed by atoms with Gasteiger partial charge in [0.15, 0.2) is 11.5 Å². The zero-order valence-electron chi connectivity index (χ0n) is 14.5. The van der Waals surface area contributed by atoms with Gasteiger partial charge in [0.05, 0.1) is 15.2 Å². The summed E-state index contributed by atoms with van der Waals surface area (Å²) >= 11 is 1.61. The molecule has 0 amide bonds. The summed E-state index contributed by atoms with van der Waals surface area (Å²) in [5.41, 5.74) is 1.78. The number of hydrogen-bond acceptors (Lipinski definition) is 6. The average Bonchev–Trinajstić information content (AvgIpc) is 3.03. The van der Waals surface area contributed by atoms with Crippen LogP contribution in [0.25, 0.3) is 16.3 Å². The van der Waals surface area contributed by atoms with Gasteiger partial charge in [-0.1, -0.05) is 19.1 Å². The number of thiazole rings is 1. The third-order valence-corrected chi connectivity index (χ3v) is 4.98. The monoisotopic (exact) mass is 355 g/mol. The molecule has 0 saturated heterocycles. The fourth-order valence-corrected chi connectivity index (χ4v) is 3.16. The van der Waals surface area contributed by atoms with Gasteiger partial charge < -0.3 is 15.2 Å². The van der Waals surface area contributed by atoms with Crippen molar-refractivity contribution in [2.24, 2.45) is 0 Å². The quantitative estimate of drug-likeness (QED) is 0.687. The van der Waals surface area contributed by atoms with E-state index in [-0.39, 0.29) is 5.75 Å². The predicted octanol–water partition coefficient (Wildman–Crippen LogP) is 4.37. The Morgan fingerprint density at radius 1 is 1.36 bits per heavy atom. The highest BCUT2D eigenvalue weighted by Gasteiger charge is 2.11. The molecule has 130 valence electrons. The Morgan fingerprint density at radius 2 is 2.20 bits per heavy atom. The van der Waals surface area contributed by atoms with E-state index in [1.54, 1.807) is 29.7 Å². The van der Waals surface area contributed by atoms with E-state index >= 15 is 0 Å². The van der Waals surface area contributed by atoms with Gasteiger partial charge in [-0.15, -0.1) is 11.3 Å². The summed E-state index contributed by atoms with van der Waals surface area (Å²) in [4.78, 5) is 8.77. The number of likely N-dealkylation sites (N-methyl/N-ethyl adjacent to an activating group) is 1. The molecule has 1 aromatic carbocycles. The number of aromatic hydroxyl groups is 1. The minimum absolute atomic E-state index is 0.0640. The molecule has 1 atom stereocenters. The van der Waals surface area contributed by atoms with Crippen LogP contribution in [0, 0.1) is 0 Å². The molecule has 25 heavy (non-hydrogen) atoms. The maximum Gasteiger partial charge on any atom is 0.219 e. The third-order valence-electron chi connectivity index (χ3n) is 3.82. The first-order valence-corrected chi connectivity index (χ1v) is 9.02. The number of rotatable bonds is 6. The molecule has 2 heterocycles. The molecule has 2 N–H and O–H groups in total. The van der Waals surface area contributed by atoms with Crippen molar-refractivity contribution in [1.82, 2.24) is 15.3 Å². The fourth-order valence-electron chi connectivity index (χ4n) is 2.24. The maximum atomic E-state index is 10.2. The number of ether oxygens (including phenoxy) is 1. The summed E-state index contributed by atoms with van der Waals surface area (Å²) in [5, 5.41) is 14.4. The Bertz CT molecular complexity index is 888. The lowest BCUT2D eigenvalue weighted by molar-refractivity contribution is 0.404. The van der Waals surface area contributed by atoms with Crippen molar-refractivity contribution in [2.45, 2.75) is 26.3 Å². The third kappa shape index (κ3) is 4.15. The summed E-state index contributed by atoms with van der Waals surface area (Å²) in [7, 11) is 1.92. The first-order chi connectivity index (χ1) is 12.1. The van der Waals surface area contributed by atoms with Gasteiger partial charge in [-0.3, -0.25) is 0 Å². The van der Waals surface area contributed by atoms with E-state index in [1.165, 1.54) is 0 Å². The molecule has 0 radical (unpaired) electrons. The number of hydrogen-bond donors (Lipinski definition) is 2. The second-order valence-electron chi connectivity index (χ2n) is 5.72. The molecule has 2 aromatic heterocycles. The lowest BCUT2D eigenvalue weighted by atomic mass is 10.2. The van der Waals surface area contributed by atoms with Gasteiger partial charge >= 0.3 is 0 Å². The van der Waals surface area contributed by atoms with Gasteiger partial charge in [-0.2, -0.15) is 0 Å². The smallest absolute Gasteiger partial charge is 0.219 e. The first-order valence-electron chi connectivity index (χ1n) is 8.21. The molecule has 3 aromatic rings. The number of aryl methyl sites for hydroxylation is 1. The standard InChI is InChI=1S/C19H21N3O2S/c1-4-19-22-14-9-15(23)16(10-17(14)25-19)24-18-8-7-13(11-21-18)6-5-12(2)20-3/h5-12,20,23H,4H2,1-3H3/b6-5+/t12-/m0/s1. The summed E-state index contributed by atoms with van der Waals surface area (Å²) in [6, 6.07) is 7.46. The zero-order valence-corrected chi connectivity index (χ0v) is 15.3.